The van der Waals surface area contributed by atoms with E-state index in [1.807, 2.05) is 6.92 Å². The number of hydrogen-bond acceptors (Lipinski definition) is 3. The van der Waals surface area contributed by atoms with Crippen molar-refractivity contribution in [2.75, 3.05) is 0 Å². The number of nitrogens with zero attached hydrogens (tertiary/aromatic N) is 1. The van der Waals surface area contributed by atoms with Gasteiger partial charge >= 0.3 is 0 Å². The molecular formula is C14H13F3N2S. The van der Waals surface area contributed by atoms with Crippen LogP contribution < -0.4 is 5.32 Å². The Kier molecular flexibility index (Phi) is 3.52. The summed E-state index contributed by atoms with van der Waals surface area (Å²) in [4.78, 5) is 5.35. The number of aromatic nitrogens is 1. The van der Waals surface area contributed by atoms with Crippen molar-refractivity contribution in [1.29, 1.82) is 0 Å². The van der Waals surface area contributed by atoms with E-state index in [2.05, 4.69) is 10.3 Å². The molecule has 20 heavy (non-hydrogen) atoms. The van der Waals surface area contributed by atoms with Crippen LogP contribution in [-0.2, 0) is 6.54 Å². The summed E-state index contributed by atoms with van der Waals surface area (Å²) in [6, 6.07) is 2.55. The normalized spacial score (nSPS) is 14.8. The second-order valence-electron chi connectivity index (χ2n) is 4.94. The Bertz CT molecular complexity index is 627. The zero-order chi connectivity index (χ0) is 14.3. The van der Waals surface area contributed by atoms with E-state index in [1.165, 1.54) is 24.2 Å². The van der Waals surface area contributed by atoms with Crippen molar-refractivity contribution < 1.29 is 13.2 Å². The lowest BCUT2D eigenvalue weighted by atomic mass is 10.2. The van der Waals surface area contributed by atoms with E-state index in [-0.39, 0.29) is 5.56 Å². The van der Waals surface area contributed by atoms with Gasteiger partial charge in [-0.25, -0.2) is 18.2 Å². The zero-order valence-corrected chi connectivity index (χ0v) is 11.7. The molecule has 3 rings (SSSR count). The van der Waals surface area contributed by atoms with Crippen LogP contribution in [-0.4, -0.2) is 11.0 Å². The van der Waals surface area contributed by atoms with Crippen molar-refractivity contribution in [2.45, 2.75) is 32.4 Å². The molecule has 0 bridgehead atoms. The Morgan fingerprint density at radius 2 is 1.90 bits per heavy atom. The van der Waals surface area contributed by atoms with Crippen LogP contribution in [0.1, 0.15) is 23.4 Å². The SMILES string of the molecule is Cc1nc(-c2cc(F)c(F)c(F)c2)sc1CNC1CC1. The summed E-state index contributed by atoms with van der Waals surface area (Å²) in [6.07, 6.45) is 2.39. The van der Waals surface area contributed by atoms with Crippen LogP contribution in [0.4, 0.5) is 13.2 Å². The first kappa shape index (κ1) is 13.6. The quantitative estimate of drug-likeness (QED) is 0.869. The molecule has 1 aliphatic carbocycles. The maximum atomic E-state index is 13.2. The summed E-state index contributed by atoms with van der Waals surface area (Å²) in [5.74, 6) is -3.83. The maximum absolute atomic E-state index is 13.2. The smallest absolute Gasteiger partial charge is 0.194 e. The lowest BCUT2D eigenvalue weighted by Gasteiger charge is -2.00. The van der Waals surface area contributed by atoms with Crippen LogP contribution in [0.5, 0.6) is 0 Å². The van der Waals surface area contributed by atoms with E-state index in [9.17, 15) is 13.2 Å². The highest BCUT2D eigenvalue weighted by Gasteiger charge is 2.21. The lowest BCUT2D eigenvalue weighted by Crippen LogP contribution is -2.14. The summed E-state index contributed by atoms with van der Waals surface area (Å²) in [6.45, 7) is 2.57. The Morgan fingerprint density at radius 3 is 2.50 bits per heavy atom. The van der Waals surface area contributed by atoms with Crippen molar-refractivity contribution >= 4 is 11.3 Å². The molecule has 0 atom stereocenters. The van der Waals surface area contributed by atoms with Gasteiger partial charge in [-0.3, -0.25) is 0 Å². The van der Waals surface area contributed by atoms with Gasteiger partial charge in [-0.2, -0.15) is 0 Å². The first-order chi connectivity index (χ1) is 9.54. The van der Waals surface area contributed by atoms with Crippen molar-refractivity contribution in [3.05, 3.63) is 40.2 Å². The zero-order valence-electron chi connectivity index (χ0n) is 10.8. The standard InChI is InChI=1S/C14H13F3N2S/c1-7-12(6-18-9-2-3-9)20-14(19-7)8-4-10(15)13(17)11(16)5-8/h4-5,9,18H,2-3,6H2,1H3. The summed E-state index contributed by atoms with van der Waals surface area (Å²) >= 11 is 1.38. The second kappa shape index (κ2) is 5.18. The molecule has 0 unspecified atom stereocenters. The molecule has 0 spiro atoms. The molecule has 0 radical (unpaired) electrons. The van der Waals surface area contributed by atoms with Crippen LogP contribution in [0.25, 0.3) is 10.6 Å². The molecule has 0 saturated heterocycles. The molecule has 0 aliphatic heterocycles. The van der Waals surface area contributed by atoms with Gasteiger partial charge in [-0.15, -0.1) is 11.3 Å². The van der Waals surface area contributed by atoms with E-state index < -0.39 is 17.5 Å². The third-order valence-corrected chi connectivity index (χ3v) is 4.46. The molecule has 1 N–H and O–H groups in total. The molecular weight excluding hydrogens is 285 g/mol. The molecule has 1 aromatic carbocycles. The molecule has 1 saturated carbocycles. The van der Waals surface area contributed by atoms with Gasteiger partial charge in [0.1, 0.15) is 5.01 Å². The van der Waals surface area contributed by atoms with Crippen LogP contribution in [0.15, 0.2) is 12.1 Å². The number of nitrogens with one attached hydrogen (secondary N) is 1. The summed E-state index contributed by atoms with van der Waals surface area (Å²) in [5.41, 5.74) is 1.11. The lowest BCUT2D eigenvalue weighted by molar-refractivity contribution is 0.447. The van der Waals surface area contributed by atoms with Crippen molar-refractivity contribution in [3.63, 3.8) is 0 Å². The number of aryl methyl sites for hydroxylation is 1. The summed E-state index contributed by atoms with van der Waals surface area (Å²) < 4.78 is 39.4. The molecule has 2 nitrogen and oxygen atoms in total. The Labute approximate surface area is 118 Å². The van der Waals surface area contributed by atoms with Crippen LogP contribution in [0.3, 0.4) is 0 Å². The molecule has 0 amide bonds. The number of thiazole rings is 1. The van der Waals surface area contributed by atoms with Crippen molar-refractivity contribution in [1.82, 2.24) is 10.3 Å². The molecule has 1 aromatic heterocycles. The van der Waals surface area contributed by atoms with Gasteiger partial charge in [0.25, 0.3) is 0 Å². The predicted octanol–water partition coefficient (Wildman–Crippen LogP) is 3.79. The number of halogens is 3. The summed E-state index contributed by atoms with van der Waals surface area (Å²) in [5, 5.41) is 3.88. The molecule has 1 aliphatic rings. The van der Waals surface area contributed by atoms with E-state index >= 15 is 0 Å². The highest BCUT2D eigenvalue weighted by molar-refractivity contribution is 7.15. The van der Waals surface area contributed by atoms with E-state index in [1.54, 1.807) is 0 Å². The van der Waals surface area contributed by atoms with E-state index in [4.69, 9.17) is 0 Å². The Balaban J connectivity index is 1.87. The van der Waals surface area contributed by atoms with Gasteiger partial charge in [0.2, 0.25) is 0 Å². The Hall–Kier alpha value is -1.40. The molecule has 6 heteroatoms. The molecule has 2 aromatic rings. The fourth-order valence-corrected chi connectivity index (χ4v) is 2.92. The molecule has 1 fully saturated rings. The van der Waals surface area contributed by atoms with Gasteiger partial charge in [-0.05, 0) is 31.9 Å². The first-order valence-corrected chi connectivity index (χ1v) is 7.21. The summed E-state index contributed by atoms with van der Waals surface area (Å²) in [7, 11) is 0. The second-order valence-corrected chi connectivity index (χ2v) is 6.02. The number of benzene rings is 1. The minimum atomic E-state index is -1.45. The Morgan fingerprint density at radius 1 is 1.25 bits per heavy atom. The van der Waals surface area contributed by atoms with Gasteiger partial charge in [0.15, 0.2) is 17.5 Å². The average molecular weight is 298 g/mol. The fourth-order valence-electron chi connectivity index (χ4n) is 1.92. The molecule has 1 heterocycles. The van der Waals surface area contributed by atoms with Crippen LogP contribution in [0.2, 0.25) is 0 Å². The van der Waals surface area contributed by atoms with Crippen molar-refractivity contribution in [2.24, 2.45) is 0 Å². The third-order valence-electron chi connectivity index (χ3n) is 3.25. The minimum Gasteiger partial charge on any atom is -0.309 e. The van der Waals surface area contributed by atoms with Crippen LogP contribution >= 0.6 is 11.3 Å². The predicted molar refractivity (Wildman–Crippen MR) is 72.0 cm³/mol. The maximum Gasteiger partial charge on any atom is 0.194 e. The van der Waals surface area contributed by atoms with Gasteiger partial charge in [-0.1, -0.05) is 0 Å². The monoisotopic (exact) mass is 298 g/mol. The third kappa shape index (κ3) is 2.71. The molecule has 106 valence electrons. The van der Waals surface area contributed by atoms with E-state index in [0.29, 0.717) is 17.6 Å². The fraction of sp³-hybridized carbons (Fsp3) is 0.357. The van der Waals surface area contributed by atoms with Gasteiger partial charge < -0.3 is 5.32 Å². The first-order valence-electron chi connectivity index (χ1n) is 6.39. The van der Waals surface area contributed by atoms with Crippen molar-refractivity contribution in [3.8, 4) is 10.6 Å². The minimum absolute atomic E-state index is 0.271. The highest BCUT2D eigenvalue weighted by Crippen LogP contribution is 2.30. The average Bonchev–Trinajstić information content (AvgIpc) is 3.16. The topological polar surface area (TPSA) is 24.9 Å². The number of rotatable bonds is 4. The van der Waals surface area contributed by atoms with Gasteiger partial charge in [0.05, 0.1) is 5.69 Å². The largest absolute Gasteiger partial charge is 0.309 e. The van der Waals surface area contributed by atoms with Crippen LogP contribution in [0, 0.1) is 24.4 Å². The van der Waals surface area contributed by atoms with E-state index in [0.717, 1.165) is 22.7 Å². The number of hydrogen-bond donors (Lipinski definition) is 1. The van der Waals surface area contributed by atoms with Gasteiger partial charge in [0, 0.05) is 23.0 Å². The highest BCUT2D eigenvalue weighted by atomic mass is 32.1.